The van der Waals surface area contributed by atoms with Crippen LogP contribution in [0.3, 0.4) is 0 Å². The lowest BCUT2D eigenvalue weighted by molar-refractivity contribution is -0.118. The van der Waals surface area contributed by atoms with Crippen molar-refractivity contribution in [1.82, 2.24) is 5.32 Å². The quantitative estimate of drug-likeness (QED) is 0.910. The van der Waals surface area contributed by atoms with Crippen molar-refractivity contribution in [2.24, 2.45) is 0 Å². The molecule has 1 aliphatic heterocycles. The molecule has 3 nitrogen and oxygen atoms in total. The maximum Gasteiger partial charge on any atom is 0.244 e. The molecule has 1 N–H and O–H groups in total. The Kier molecular flexibility index (Phi) is 3.04. The van der Waals surface area contributed by atoms with E-state index in [1.165, 1.54) is 12.8 Å². The molecule has 1 unspecified atom stereocenters. The number of hydrogen-bond acceptors (Lipinski definition) is 2. The molecule has 1 atom stereocenters. The Hall–Kier alpha value is -1.06. The maximum absolute atomic E-state index is 12.3. The Balaban J connectivity index is 1.80. The molecule has 2 aliphatic rings. The van der Waals surface area contributed by atoms with Crippen LogP contribution >= 0.6 is 11.6 Å². The van der Waals surface area contributed by atoms with Crippen LogP contribution in [0.4, 0.5) is 5.69 Å². The van der Waals surface area contributed by atoms with Crippen molar-refractivity contribution in [2.45, 2.75) is 38.3 Å². The van der Waals surface area contributed by atoms with Crippen molar-refractivity contribution in [3.8, 4) is 0 Å². The molecule has 1 saturated heterocycles. The summed E-state index contributed by atoms with van der Waals surface area (Å²) < 4.78 is 0. The second kappa shape index (κ2) is 4.56. The lowest BCUT2D eigenvalue weighted by atomic mass is 10.2. The molecule has 18 heavy (non-hydrogen) atoms. The molecule has 1 amide bonds. The van der Waals surface area contributed by atoms with Crippen LogP contribution in [-0.4, -0.2) is 24.5 Å². The van der Waals surface area contributed by atoms with Gasteiger partial charge in [0.2, 0.25) is 5.91 Å². The molecular weight excluding hydrogens is 248 g/mol. The number of nitrogens with zero attached hydrogens (tertiary/aromatic N) is 1. The molecular formula is C14H17ClN2O. The predicted octanol–water partition coefficient (Wildman–Crippen LogP) is 2.51. The highest BCUT2D eigenvalue weighted by atomic mass is 35.5. The van der Waals surface area contributed by atoms with Gasteiger partial charge in [0.05, 0.1) is 16.8 Å². The number of anilines is 1. The molecule has 4 heteroatoms. The molecule has 3 rings (SSSR count). The smallest absolute Gasteiger partial charge is 0.244 e. The summed E-state index contributed by atoms with van der Waals surface area (Å²) in [5, 5.41) is 4.06. The van der Waals surface area contributed by atoms with E-state index in [4.69, 9.17) is 11.6 Å². The van der Waals surface area contributed by atoms with Gasteiger partial charge in [-0.2, -0.15) is 0 Å². The summed E-state index contributed by atoms with van der Waals surface area (Å²) in [6.07, 6.45) is 3.28. The molecule has 1 aromatic carbocycles. The summed E-state index contributed by atoms with van der Waals surface area (Å²) in [5.41, 5.74) is 1.97. The number of carbonyl (C=O) groups excluding carboxylic acids is 1. The second-order valence-corrected chi connectivity index (χ2v) is 5.63. The normalized spacial score (nSPS) is 23.8. The minimum absolute atomic E-state index is 0.0194. The van der Waals surface area contributed by atoms with E-state index in [0.717, 1.165) is 24.2 Å². The zero-order chi connectivity index (χ0) is 12.7. The topological polar surface area (TPSA) is 32.3 Å². The van der Waals surface area contributed by atoms with Gasteiger partial charge in [-0.15, -0.1) is 0 Å². The van der Waals surface area contributed by atoms with Crippen LogP contribution in [0.15, 0.2) is 18.2 Å². The molecule has 1 saturated carbocycles. The van der Waals surface area contributed by atoms with E-state index >= 15 is 0 Å². The Morgan fingerprint density at radius 3 is 2.83 bits per heavy atom. The third-order valence-electron chi connectivity index (χ3n) is 3.61. The van der Waals surface area contributed by atoms with Crippen molar-refractivity contribution in [3.05, 3.63) is 28.8 Å². The third kappa shape index (κ3) is 2.25. The van der Waals surface area contributed by atoms with Gasteiger partial charge in [-0.05, 0) is 43.9 Å². The Labute approximate surface area is 112 Å². The first kappa shape index (κ1) is 12.0. The lowest BCUT2D eigenvalue weighted by Crippen LogP contribution is -2.39. The van der Waals surface area contributed by atoms with Crippen LogP contribution in [-0.2, 0) is 4.79 Å². The third-order valence-corrected chi connectivity index (χ3v) is 3.93. The first-order valence-corrected chi connectivity index (χ1v) is 6.86. The van der Waals surface area contributed by atoms with E-state index in [9.17, 15) is 4.79 Å². The van der Waals surface area contributed by atoms with Gasteiger partial charge in [-0.1, -0.05) is 17.7 Å². The Morgan fingerprint density at radius 2 is 2.11 bits per heavy atom. The van der Waals surface area contributed by atoms with Crippen molar-refractivity contribution >= 4 is 23.2 Å². The molecule has 1 heterocycles. The van der Waals surface area contributed by atoms with Crippen LogP contribution < -0.4 is 10.2 Å². The summed E-state index contributed by atoms with van der Waals surface area (Å²) in [7, 11) is 0. The van der Waals surface area contributed by atoms with Gasteiger partial charge in [0.15, 0.2) is 0 Å². The van der Waals surface area contributed by atoms with Crippen molar-refractivity contribution in [1.29, 1.82) is 0 Å². The molecule has 0 bridgehead atoms. The van der Waals surface area contributed by atoms with Crippen LogP contribution in [0.5, 0.6) is 0 Å². The van der Waals surface area contributed by atoms with Gasteiger partial charge in [0.25, 0.3) is 0 Å². The van der Waals surface area contributed by atoms with Crippen molar-refractivity contribution in [3.63, 3.8) is 0 Å². The summed E-state index contributed by atoms with van der Waals surface area (Å²) >= 11 is 6.19. The van der Waals surface area contributed by atoms with E-state index in [2.05, 4.69) is 5.32 Å². The number of hydrogen-bond donors (Lipinski definition) is 1. The number of carbonyl (C=O) groups is 1. The van der Waals surface area contributed by atoms with Gasteiger partial charge in [0, 0.05) is 12.6 Å². The van der Waals surface area contributed by atoms with E-state index in [0.29, 0.717) is 11.1 Å². The summed E-state index contributed by atoms with van der Waals surface area (Å²) in [4.78, 5) is 14.2. The largest absolute Gasteiger partial charge is 0.309 e. The zero-order valence-electron chi connectivity index (χ0n) is 10.4. The first-order valence-electron chi connectivity index (χ1n) is 6.49. The van der Waals surface area contributed by atoms with E-state index in [1.807, 2.05) is 30.0 Å². The zero-order valence-corrected chi connectivity index (χ0v) is 11.2. The number of rotatable bonds is 3. The molecule has 0 aromatic heterocycles. The summed E-state index contributed by atoms with van der Waals surface area (Å²) in [5.74, 6) is 0.161. The van der Waals surface area contributed by atoms with Crippen molar-refractivity contribution in [2.75, 3.05) is 11.4 Å². The average molecular weight is 265 g/mol. The van der Waals surface area contributed by atoms with Gasteiger partial charge in [-0.3, -0.25) is 4.79 Å². The predicted molar refractivity (Wildman–Crippen MR) is 73.1 cm³/mol. The monoisotopic (exact) mass is 264 g/mol. The number of halogens is 1. The minimum Gasteiger partial charge on any atom is -0.309 e. The summed E-state index contributed by atoms with van der Waals surface area (Å²) in [6, 6.07) is 6.36. The number of amides is 1. The Morgan fingerprint density at radius 1 is 1.33 bits per heavy atom. The van der Waals surface area contributed by atoms with Crippen molar-refractivity contribution < 1.29 is 4.79 Å². The van der Waals surface area contributed by atoms with Crippen LogP contribution in [0.25, 0.3) is 0 Å². The highest BCUT2D eigenvalue weighted by Gasteiger charge is 2.36. The molecule has 0 spiro atoms. The molecule has 1 aromatic rings. The number of benzene rings is 1. The van der Waals surface area contributed by atoms with E-state index < -0.39 is 0 Å². The Bertz CT molecular complexity index is 485. The number of nitrogens with one attached hydrogen (secondary N) is 1. The molecule has 0 radical (unpaired) electrons. The fraction of sp³-hybridized carbons (Fsp3) is 0.500. The number of aryl methyl sites for hydroxylation is 1. The fourth-order valence-electron chi connectivity index (χ4n) is 2.44. The van der Waals surface area contributed by atoms with E-state index in [-0.39, 0.29) is 11.9 Å². The van der Waals surface area contributed by atoms with Gasteiger partial charge in [-0.25, -0.2) is 0 Å². The highest BCUT2D eigenvalue weighted by Crippen LogP contribution is 2.31. The van der Waals surface area contributed by atoms with Gasteiger partial charge >= 0.3 is 0 Å². The van der Waals surface area contributed by atoms with Crippen LogP contribution in [0.2, 0.25) is 5.02 Å². The van der Waals surface area contributed by atoms with Crippen LogP contribution in [0, 0.1) is 6.92 Å². The fourth-order valence-corrected chi connectivity index (χ4v) is 2.66. The highest BCUT2D eigenvalue weighted by molar-refractivity contribution is 6.34. The minimum atomic E-state index is -0.0194. The van der Waals surface area contributed by atoms with Crippen LogP contribution in [0.1, 0.15) is 24.8 Å². The summed E-state index contributed by atoms with van der Waals surface area (Å²) in [6.45, 7) is 2.77. The molecule has 96 valence electrons. The average Bonchev–Trinajstić information content (AvgIpc) is 3.09. The standard InChI is InChI=1S/C14H17ClN2O/c1-9-2-5-11(15)13(8-9)17-7-6-12(14(17)18)16-10-3-4-10/h2,5,8,10,12,16H,3-4,6-7H2,1H3. The SMILES string of the molecule is Cc1ccc(Cl)c(N2CCC(NC3CC3)C2=O)c1. The molecule has 1 aliphatic carbocycles. The maximum atomic E-state index is 12.3. The van der Waals surface area contributed by atoms with Gasteiger partial charge in [0.1, 0.15) is 0 Å². The molecule has 2 fully saturated rings. The second-order valence-electron chi connectivity index (χ2n) is 5.23. The lowest BCUT2D eigenvalue weighted by Gasteiger charge is -2.19. The van der Waals surface area contributed by atoms with E-state index in [1.54, 1.807) is 0 Å². The van der Waals surface area contributed by atoms with Gasteiger partial charge < -0.3 is 10.2 Å². The first-order chi connectivity index (χ1) is 8.65.